The Hall–Kier alpha value is -3.29. The fraction of sp³-hybridized carbons (Fsp3) is 0.300. The molecule has 28 heavy (non-hydrogen) atoms. The van der Waals surface area contributed by atoms with E-state index in [1.807, 2.05) is 30.3 Å². The topological polar surface area (TPSA) is 84.1 Å². The Morgan fingerprint density at radius 1 is 1.07 bits per heavy atom. The van der Waals surface area contributed by atoms with Crippen LogP contribution in [0.15, 0.2) is 54.6 Å². The van der Waals surface area contributed by atoms with E-state index in [1.165, 1.54) is 21.8 Å². The van der Waals surface area contributed by atoms with Crippen LogP contribution in [0.25, 0.3) is 0 Å². The molecule has 2 heterocycles. The third kappa shape index (κ3) is 3.45. The summed E-state index contributed by atoms with van der Waals surface area (Å²) in [6.07, 6.45) is 0.270. The summed E-state index contributed by atoms with van der Waals surface area (Å²) in [6.45, 7) is 1.22. The van der Waals surface area contributed by atoms with Crippen molar-refractivity contribution in [1.82, 2.24) is 25.1 Å². The summed E-state index contributed by atoms with van der Waals surface area (Å²) in [5, 5.41) is 22.4. The van der Waals surface area contributed by atoms with Gasteiger partial charge in [0.25, 0.3) is 0 Å². The van der Waals surface area contributed by atoms with Crippen molar-refractivity contribution >= 4 is 6.09 Å². The van der Waals surface area contributed by atoms with Gasteiger partial charge in [-0.05, 0) is 41.3 Å². The third-order valence-corrected chi connectivity index (χ3v) is 5.33. The van der Waals surface area contributed by atoms with Crippen molar-refractivity contribution in [3.05, 3.63) is 77.4 Å². The third-order valence-electron chi connectivity index (χ3n) is 5.33. The summed E-state index contributed by atoms with van der Waals surface area (Å²) < 4.78 is 13.1. The van der Waals surface area contributed by atoms with E-state index in [-0.39, 0.29) is 5.82 Å². The maximum Gasteiger partial charge on any atom is 0.407 e. The van der Waals surface area contributed by atoms with Gasteiger partial charge < -0.3 is 10.0 Å². The predicted octanol–water partition coefficient (Wildman–Crippen LogP) is 2.92. The van der Waals surface area contributed by atoms with Crippen LogP contribution in [-0.2, 0) is 12.0 Å². The lowest BCUT2D eigenvalue weighted by Gasteiger charge is -2.39. The van der Waals surface area contributed by atoms with Gasteiger partial charge in [-0.25, -0.2) is 9.18 Å². The molecule has 1 aromatic heterocycles. The minimum absolute atomic E-state index is 0.288. The highest BCUT2D eigenvalue weighted by atomic mass is 19.1. The van der Waals surface area contributed by atoms with E-state index in [9.17, 15) is 14.3 Å². The fourth-order valence-corrected chi connectivity index (χ4v) is 3.73. The maximum atomic E-state index is 13.1. The number of hydrogen-bond acceptors (Lipinski definition) is 4. The Kier molecular flexibility index (Phi) is 4.77. The highest BCUT2D eigenvalue weighted by Crippen LogP contribution is 2.39. The number of carboxylic acid groups (broad SMARTS) is 1. The number of tetrazole rings is 1. The quantitative estimate of drug-likeness (QED) is 0.751. The molecule has 144 valence electrons. The van der Waals surface area contributed by atoms with Gasteiger partial charge in [0.1, 0.15) is 5.82 Å². The van der Waals surface area contributed by atoms with Crippen molar-refractivity contribution in [2.45, 2.75) is 24.8 Å². The summed E-state index contributed by atoms with van der Waals surface area (Å²) in [7, 11) is 0. The van der Waals surface area contributed by atoms with Crippen LogP contribution in [0.1, 0.15) is 29.8 Å². The molecule has 0 radical (unpaired) electrons. The van der Waals surface area contributed by atoms with E-state index in [0.29, 0.717) is 38.3 Å². The molecule has 1 aliphatic heterocycles. The van der Waals surface area contributed by atoms with Crippen molar-refractivity contribution in [1.29, 1.82) is 0 Å². The molecule has 1 N–H and O–H groups in total. The van der Waals surface area contributed by atoms with Gasteiger partial charge in [0.15, 0.2) is 5.82 Å². The first-order chi connectivity index (χ1) is 13.6. The number of likely N-dealkylation sites (tertiary alicyclic amines) is 1. The molecule has 0 atom stereocenters. The molecular formula is C20H20FN5O2. The number of aromatic nitrogens is 4. The zero-order valence-corrected chi connectivity index (χ0v) is 15.2. The number of hydrogen-bond donors (Lipinski definition) is 1. The van der Waals surface area contributed by atoms with Crippen molar-refractivity contribution in [3.8, 4) is 0 Å². The van der Waals surface area contributed by atoms with Crippen LogP contribution >= 0.6 is 0 Å². The summed E-state index contributed by atoms with van der Waals surface area (Å²) in [5.74, 6) is 0.301. The summed E-state index contributed by atoms with van der Waals surface area (Å²) in [6, 6.07) is 16.1. The van der Waals surface area contributed by atoms with Crippen LogP contribution in [0.4, 0.5) is 9.18 Å². The van der Waals surface area contributed by atoms with Crippen molar-refractivity contribution in [2.24, 2.45) is 0 Å². The number of amides is 1. The molecule has 0 spiro atoms. The number of rotatable bonds is 4. The van der Waals surface area contributed by atoms with Gasteiger partial charge in [0.2, 0.25) is 0 Å². The maximum absolute atomic E-state index is 13.1. The van der Waals surface area contributed by atoms with Crippen LogP contribution in [0.5, 0.6) is 0 Å². The van der Waals surface area contributed by atoms with Gasteiger partial charge in [-0.2, -0.15) is 4.80 Å². The van der Waals surface area contributed by atoms with Crippen LogP contribution in [0, 0.1) is 5.82 Å². The molecule has 1 aliphatic rings. The second-order valence-corrected chi connectivity index (χ2v) is 6.99. The Bertz CT molecular complexity index is 950. The molecule has 3 aromatic rings. The molecule has 0 bridgehead atoms. The minimum Gasteiger partial charge on any atom is -0.465 e. The zero-order valence-electron chi connectivity index (χ0n) is 15.2. The average molecular weight is 381 g/mol. The Labute approximate surface area is 161 Å². The van der Waals surface area contributed by atoms with E-state index < -0.39 is 11.5 Å². The van der Waals surface area contributed by atoms with E-state index in [2.05, 4.69) is 15.4 Å². The molecule has 2 aromatic carbocycles. The SMILES string of the molecule is O=C(O)N1CCC(c2ccccc2)(c2nnn(Cc3ccc(F)cc3)n2)CC1. The smallest absolute Gasteiger partial charge is 0.407 e. The van der Waals surface area contributed by atoms with E-state index >= 15 is 0 Å². The number of piperidine rings is 1. The first-order valence-corrected chi connectivity index (χ1v) is 9.13. The minimum atomic E-state index is -0.908. The lowest BCUT2D eigenvalue weighted by atomic mass is 9.72. The Balaban J connectivity index is 1.63. The Morgan fingerprint density at radius 3 is 2.39 bits per heavy atom. The first kappa shape index (κ1) is 18.1. The highest BCUT2D eigenvalue weighted by Gasteiger charge is 2.42. The predicted molar refractivity (Wildman–Crippen MR) is 99.4 cm³/mol. The second kappa shape index (κ2) is 7.38. The van der Waals surface area contributed by atoms with Gasteiger partial charge >= 0.3 is 6.09 Å². The molecule has 0 aliphatic carbocycles. The zero-order chi connectivity index (χ0) is 19.6. The van der Waals surface area contributed by atoms with E-state index in [1.54, 1.807) is 12.1 Å². The van der Waals surface area contributed by atoms with Gasteiger partial charge in [-0.15, -0.1) is 10.2 Å². The van der Waals surface area contributed by atoms with E-state index in [4.69, 9.17) is 0 Å². The summed E-state index contributed by atoms with van der Waals surface area (Å²) >= 11 is 0. The number of benzene rings is 2. The second-order valence-electron chi connectivity index (χ2n) is 6.99. The number of halogens is 1. The molecule has 0 unspecified atom stereocenters. The lowest BCUT2D eigenvalue weighted by molar-refractivity contribution is 0.121. The lowest BCUT2D eigenvalue weighted by Crippen LogP contribution is -2.45. The van der Waals surface area contributed by atoms with Crippen molar-refractivity contribution in [3.63, 3.8) is 0 Å². The Morgan fingerprint density at radius 2 is 1.75 bits per heavy atom. The van der Waals surface area contributed by atoms with Gasteiger partial charge in [-0.3, -0.25) is 0 Å². The fourth-order valence-electron chi connectivity index (χ4n) is 3.73. The van der Waals surface area contributed by atoms with Gasteiger partial charge in [0, 0.05) is 13.1 Å². The summed E-state index contributed by atoms with van der Waals surface area (Å²) in [5.41, 5.74) is 1.45. The molecule has 1 amide bonds. The molecule has 4 rings (SSSR count). The van der Waals surface area contributed by atoms with Crippen LogP contribution in [-0.4, -0.2) is 49.4 Å². The summed E-state index contributed by atoms with van der Waals surface area (Å²) in [4.78, 5) is 14.2. The van der Waals surface area contributed by atoms with Gasteiger partial charge in [0.05, 0.1) is 12.0 Å². The molecule has 0 saturated carbocycles. The standard InChI is InChI=1S/C20H20FN5O2/c21-17-8-6-15(7-9-17)14-26-23-18(22-24-26)20(16-4-2-1-3-5-16)10-12-25(13-11-20)19(27)28/h1-9H,10-14H2,(H,27,28). The van der Waals surface area contributed by atoms with Crippen molar-refractivity contribution < 1.29 is 14.3 Å². The largest absolute Gasteiger partial charge is 0.465 e. The first-order valence-electron chi connectivity index (χ1n) is 9.13. The van der Waals surface area contributed by atoms with Crippen molar-refractivity contribution in [2.75, 3.05) is 13.1 Å². The molecule has 1 saturated heterocycles. The van der Waals surface area contributed by atoms with Crippen LogP contribution < -0.4 is 0 Å². The monoisotopic (exact) mass is 381 g/mol. The van der Waals surface area contributed by atoms with Gasteiger partial charge in [-0.1, -0.05) is 42.5 Å². The molecule has 1 fully saturated rings. The number of carbonyl (C=O) groups is 1. The highest BCUT2D eigenvalue weighted by molar-refractivity contribution is 5.65. The van der Waals surface area contributed by atoms with Crippen LogP contribution in [0.2, 0.25) is 0 Å². The normalized spacial score (nSPS) is 16.1. The molecule has 7 nitrogen and oxygen atoms in total. The molecule has 8 heteroatoms. The van der Waals surface area contributed by atoms with E-state index in [0.717, 1.165) is 11.1 Å². The molecular weight excluding hydrogens is 361 g/mol. The van der Waals surface area contributed by atoms with Crippen LogP contribution in [0.3, 0.4) is 0 Å². The average Bonchev–Trinajstić information content (AvgIpc) is 3.19. The number of nitrogens with zero attached hydrogens (tertiary/aromatic N) is 5.